The Labute approximate surface area is 128 Å². The predicted octanol–water partition coefficient (Wildman–Crippen LogP) is 4.75. The van der Waals surface area contributed by atoms with Crippen LogP contribution in [-0.2, 0) is 11.2 Å². The van der Waals surface area contributed by atoms with Crippen molar-refractivity contribution in [1.29, 1.82) is 0 Å². The van der Waals surface area contributed by atoms with E-state index in [-0.39, 0.29) is 11.1 Å². The minimum absolute atomic E-state index is 0.111. The molecule has 0 aliphatic carbocycles. The van der Waals surface area contributed by atoms with Gasteiger partial charge >= 0.3 is 0 Å². The molecule has 2 aliphatic rings. The topological polar surface area (TPSA) is 21.6 Å². The molecule has 3 rings (SSSR count). The highest BCUT2D eigenvalue weighted by atomic mass is 16.5. The van der Waals surface area contributed by atoms with Crippen LogP contribution in [0.3, 0.4) is 0 Å². The van der Waals surface area contributed by atoms with E-state index in [0.29, 0.717) is 0 Å². The van der Waals surface area contributed by atoms with Gasteiger partial charge in [-0.15, -0.1) is 0 Å². The first-order valence-corrected chi connectivity index (χ1v) is 8.38. The molecule has 114 valence electrons. The van der Waals surface area contributed by atoms with Crippen molar-refractivity contribution in [3.8, 4) is 0 Å². The molecule has 0 amide bonds. The fourth-order valence-electron chi connectivity index (χ4n) is 3.62. The van der Waals surface area contributed by atoms with Crippen LogP contribution in [0.15, 0.2) is 29.3 Å². The van der Waals surface area contributed by atoms with Crippen LogP contribution in [-0.4, -0.2) is 18.0 Å². The number of hydrogen-bond donors (Lipinski definition) is 0. The minimum atomic E-state index is -0.261. The lowest BCUT2D eigenvalue weighted by molar-refractivity contribution is -0.0654. The Kier molecular flexibility index (Phi) is 3.92. The summed E-state index contributed by atoms with van der Waals surface area (Å²) >= 11 is 0. The summed E-state index contributed by atoms with van der Waals surface area (Å²) in [5.74, 6) is 0. The van der Waals surface area contributed by atoms with E-state index in [4.69, 9.17) is 9.73 Å². The molecule has 1 unspecified atom stereocenters. The van der Waals surface area contributed by atoms with Crippen LogP contribution in [0.1, 0.15) is 64.0 Å². The summed E-state index contributed by atoms with van der Waals surface area (Å²) < 4.78 is 6.06. The van der Waals surface area contributed by atoms with E-state index < -0.39 is 0 Å². The largest absolute Gasteiger partial charge is 0.353 e. The monoisotopic (exact) mass is 285 g/mol. The Hall–Kier alpha value is -1.15. The van der Waals surface area contributed by atoms with Gasteiger partial charge in [-0.05, 0) is 43.2 Å². The molecule has 0 N–H and O–H groups in total. The van der Waals surface area contributed by atoms with Gasteiger partial charge in [0.2, 0.25) is 0 Å². The first-order valence-electron chi connectivity index (χ1n) is 8.38. The van der Waals surface area contributed by atoms with Crippen molar-refractivity contribution in [2.45, 2.75) is 65.0 Å². The van der Waals surface area contributed by atoms with Gasteiger partial charge in [-0.1, -0.05) is 51.5 Å². The summed E-state index contributed by atoms with van der Waals surface area (Å²) in [6, 6.07) is 9.02. The highest BCUT2D eigenvalue weighted by Gasteiger charge is 2.53. The third kappa shape index (κ3) is 2.66. The summed E-state index contributed by atoms with van der Waals surface area (Å²) in [6.45, 7) is 7.69. The first kappa shape index (κ1) is 14.8. The van der Waals surface area contributed by atoms with Crippen LogP contribution in [0.2, 0.25) is 0 Å². The fourth-order valence-corrected chi connectivity index (χ4v) is 3.62. The summed E-state index contributed by atoms with van der Waals surface area (Å²) in [5, 5.41) is 0. The molecule has 0 radical (unpaired) electrons. The smallest absolute Gasteiger partial charge is 0.164 e. The van der Waals surface area contributed by atoms with Crippen molar-refractivity contribution in [1.82, 2.24) is 0 Å². The van der Waals surface area contributed by atoms with Gasteiger partial charge in [-0.25, -0.2) is 0 Å². The number of nitrogens with zero attached hydrogens (tertiary/aromatic N) is 1. The summed E-state index contributed by atoms with van der Waals surface area (Å²) in [4.78, 5) is 5.03. The van der Waals surface area contributed by atoms with Crippen molar-refractivity contribution in [3.63, 3.8) is 0 Å². The van der Waals surface area contributed by atoms with E-state index in [2.05, 4.69) is 45.0 Å². The second-order valence-corrected chi connectivity index (χ2v) is 7.16. The lowest BCUT2D eigenvalue weighted by Crippen LogP contribution is -2.38. The van der Waals surface area contributed by atoms with Crippen molar-refractivity contribution in [2.75, 3.05) is 6.61 Å². The van der Waals surface area contributed by atoms with Crippen LogP contribution in [0.4, 0.5) is 0 Å². The molecule has 2 heteroatoms. The molecule has 0 aromatic heterocycles. The maximum Gasteiger partial charge on any atom is 0.164 e. The van der Waals surface area contributed by atoms with E-state index >= 15 is 0 Å². The number of aryl methyl sites for hydroxylation is 1. The molecule has 0 saturated carbocycles. The average Bonchev–Trinajstić information content (AvgIpc) is 3.04. The van der Waals surface area contributed by atoms with Crippen molar-refractivity contribution in [3.05, 3.63) is 35.4 Å². The molecule has 0 bridgehead atoms. The van der Waals surface area contributed by atoms with Gasteiger partial charge in [0, 0.05) is 17.7 Å². The van der Waals surface area contributed by atoms with E-state index in [9.17, 15) is 0 Å². The van der Waals surface area contributed by atoms with Crippen molar-refractivity contribution in [2.24, 2.45) is 10.4 Å². The SMILES string of the molecule is CCCCc1ccc(C2=NC3(CCCO3)C(C)(C)C2)cc1. The van der Waals surface area contributed by atoms with E-state index in [1.54, 1.807) is 0 Å². The van der Waals surface area contributed by atoms with Crippen molar-refractivity contribution >= 4 is 5.71 Å². The predicted molar refractivity (Wildman–Crippen MR) is 87.9 cm³/mol. The number of benzene rings is 1. The van der Waals surface area contributed by atoms with E-state index in [0.717, 1.165) is 25.9 Å². The van der Waals surface area contributed by atoms with E-state index in [1.807, 2.05) is 0 Å². The standard InChI is InChI=1S/C19H27NO/c1-4-5-7-15-8-10-16(11-9-15)17-14-18(2,3)19(20-17)12-6-13-21-19/h8-11H,4-7,12-14H2,1-3H3. The molecular weight excluding hydrogens is 258 g/mol. The second kappa shape index (κ2) is 5.57. The number of aliphatic imine (C=N–C) groups is 1. The van der Waals surface area contributed by atoms with Crippen LogP contribution < -0.4 is 0 Å². The quantitative estimate of drug-likeness (QED) is 0.782. The van der Waals surface area contributed by atoms with E-state index in [1.165, 1.54) is 36.1 Å². The maximum atomic E-state index is 6.06. The van der Waals surface area contributed by atoms with Crippen LogP contribution >= 0.6 is 0 Å². The second-order valence-electron chi connectivity index (χ2n) is 7.16. The van der Waals surface area contributed by atoms with Gasteiger partial charge in [0.25, 0.3) is 0 Å². The molecule has 2 heterocycles. The number of unbranched alkanes of at least 4 members (excludes halogenated alkanes) is 1. The fraction of sp³-hybridized carbons (Fsp3) is 0.632. The zero-order valence-electron chi connectivity index (χ0n) is 13.6. The molecule has 1 aromatic carbocycles. The minimum Gasteiger partial charge on any atom is -0.353 e. The Morgan fingerprint density at radius 1 is 1.19 bits per heavy atom. The zero-order chi connectivity index (χ0) is 14.9. The Bertz CT molecular complexity index is 521. The van der Waals surface area contributed by atoms with Gasteiger partial charge < -0.3 is 4.74 Å². The normalized spacial score (nSPS) is 27.3. The average molecular weight is 285 g/mol. The van der Waals surface area contributed by atoms with Gasteiger partial charge in [0.15, 0.2) is 5.72 Å². The summed E-state index contributed by atoms with van der Waals surface area (Å²) in [5.41, 5.74) is 3.79. The molecule has 2 nitrogen and oxygen atoms in total. The Morgan fingerprint density at radius 2 is 1.95 bits per heavy atom. The van der Waals surface area contributed by atoms with Gasteiger partial charge in [0.05, 0.1) is 0 Å². The van der Waals surface area contributed by atoms with Crippen LogP contribution in [0, 0.1) is 5.41 Å². The first-order chi connectivity index (χ1) is 10.1. The number of hydrogen-bond acceptors (Lipinski definition) is 2. The van der Waals surface area contributed by atoms with Gasteiger partial charge in [-0.3, -0.25) is 4.99 Å². The lowest BCUT2D eigenvalue weighted by Gasteiger charge is -2.34. The third-order valence-electron chi connectivity index (χ3n) is 5.09. The Balaban J connectivity index is 1.81. The zero-order valence-corrected chi connectivity index (χ0v) is 13.6. The molecule has 1 fully saturated rings. The summed E-state index contributed by atoms with van der Waals surface area (Å²) in [6.07, 6.45) is 6.92. The highest BCUT2D eigenvalue weighted by Crippen LogP contribution is 2.50. The number of ether oxygens (including phenoxy) is 1. The van der Waals surface area contributed by atoms with Crippen LogP contribution in [0.5, 0.6) is 0 Å². The van der Waals surface area contributed by atoms with Crippen molar-refractivity contribution < 1.29 is 4.74 Å². The molecule has 1 aromatic rings. The highest BCUT2D eigenvalue weighted by molar-refractivity contribution is 6.02. The van der Waals surface area contributed by atoms with Gasteiger partial charge in [-0.2, -0.15) is 0 Å². The molecule has 21 heavy (non-hydrogen) atoms. The van der Waals surface area contributed by atoms with Crippen LogP contribution in [0.25, 0.3) is 0 Å². The Morgan fingerprint density at radius 3 is 2.57 bits per heavy atom. The van der Waals surface area contributed by atoms with Gasteiger partial charge in [0.1, 0.15) is 0 Å². The molecule has 1 atom stereocenters. The molecule has 1 saturated heterocycles. The molecule has 1 spiro atoms. The molecule has 2 aliphatic heterocycles. The lowest BCUT2D eigenvalue weighted by atomic mass is 9.78. The number of rotatable bonds is 4. The summed E-state index contributed by atoms with van der Waals surface area (Å²) in [7, 11) is 0. The third-order valence-corrected chi connectivity index (χ3v) is 5.09. The molecular formula is C19H27NO. The maximum absolute atomic E-state index is 6.06.